The molecule has 0 aromatic carbocycles. The molecule has 110 valence electrons. The number of carbonyl (C=O) groups is 2. The van der Waals surface area contributed by atoms with Gasteiger partial charge in [-0.05, 0) is 19.9 Å². The van der Waals surface area contributed by atoms with Crippen LogP contribution in [-0.2, 0) is 9.53 Å². The summed E-state index contributed by atoms with van der Waals surface area (Å²) in [5.74, 6) is -0.867. The van der Waals surface area contributed by atoms with Gasteiger partial charge in [0.05, 0.1) is 5.41 Å². The van der Waals surface area contributed by atoms with E-state index in [1.54, 1.807) is 7.05 Å². The van der Waals surface area contributed by atoms with E-state index in [1.807, 2.05) is 7.05 Å². The van der Waals surface area contributed by atoms with Crippen LogP contribution in [0.3, 0.4) is 0 Å². The minimum Gasteiger partial charge on any atom is -0.481 e. The minimum absolute atomic E-state index is 0.147. The van der Waals surface area contributed by atoms with Gasteiger partial charge in [-0.25, -0.2) is 4.79 Å². The van der Waals surface area contributed by atoms with E-state index < -0.39 is 11.4 Å². The molecule has 0 bridgehead atoms. The maximum Gasteiger partial charge on any atom is 0.317 e. The first-order valence-electron chi connectivity index (χ1n) is 6.46. The number of hydrogen-bond donors (Lipinski definition) is 3. The van der Waals surface area contributed by atoms with Crippen molar-refractivity contribution in [2.75, 3.05) is 46.9 Å². The predicted octanol–water partition coefficient (Wildman–Crippen LogP) is -0.271. The Morgan fingerprint density at radius 1 is 1.37 bits per heavy atom. The molecule has 2 amide bonds. The monoisotopic (exact) mass is 273 g/mol. The molecular weight excluding hydrogens is 250 g/mol. The van der Waals surface area contributed by atoms with E-state index in [9.17, 15) is 14.7 Å². The SMILES string of the molecule is CNCCN(C)C(=O)NCC1(C(=O)O)CCOCC1. The molecule has 1 rings (SSSR count). The zero-order chi connectivity index (χ0) is 14.3. The molecule has 0 radical (unpaired) electrons. The first-order valence-corrected chi connectivity index (χ1v) is 6.46. The standard InChI is InChI=1S/C12H23N3O4/c1-13-5-6-15(2)11(18)14-9-12(10(16)17)3-7-19-8-4-12/h13H,3-9H2,1-2H3,(H,14,18)(H,16,17). The van der Waals surface area contributed by atoms with Gasteiger partial charge in [-0.2, -0.15) is 0 Å². The number of amides is 2. The Hall–Kier alpha value is -1.34. The number of aliphatic carboxylic acids is 1. The van der Waals surface area contributed by atoms with Crippen LogP contribution in [-0.4, -0.2) is 69.0 Å². The van der Waals surface area contributed by atoms with Gasteiger partial charge in [0.2, 0.25) is 0 Å². The topological polar surface area (TPSA) is 90.9 Å². The Morgan fingerprint density at radius 3 is 2.53 bits per heavy atom. The van der Waals surface area contributed by atoms with Crippen LogP contribution in [0.15, 0.2) is 0 Å². The number of hydrogen-bond acceptors (Lipinski definition) is 4. The molecule has 0 atom stereocenters. The Morgan fingerprint density at radius 2 is 2.00 bits per heavy atom. The van der Waals surface area contributed by atoms with Crippen molar-refractivity contribution < 1.29 is 19.4 Å². The van der Waals surface area contributed by atoms with Crippen molar-refractivity contribution in [1.29, 1.82) is 0 Å². The normalized spacial score (nSPS) is 17.8. The van der Waals surface area contributed by atoms with E-state index in [1.165, 1.54) is 4.90 Å². The number of carboxylic acid groups (broad SMARTS) is 1. The molecule has 7 heteroatoms. The number of rotatable bonds is 6. The van der Waals surface area contributed by atoms with Crippen LogP contribution in [0.4, 0.5) is 4.79 Å². The maximum absolute atomic E-state index is 11.8. The van der Waals surface area contributed by atoms with Crippen LogP contribution < -0.4 is 10.6 Å². The lowest BCUT2D eigenvalue weighted by Crippen LogP contribution is -2.49. The molecule has 1 heterocycles. The lowest BCUT2D eigenvalue weighted by Gasteiger charge is -2.33. The summed E-state index contributed by atoms with van der Waals surface area (Å²) >= 11 is 0. The van der Waals surface area contributed by atoms with Gasteiger partial charge in [0.1, 0.15) is 0 Å². The summed E-state index contributed by atoms with van der Waals surface area (Å²) in [4.78, 5) is 24.8. The van der Waals surface area contributed by atoms with Crippen molar-refractivity contribution in [3.8, 4) is 0 Å². The summed E-state index contributed by atoms with van der Waals surface area (Å²) in [6.45, 7) is 2.28. The number of urea groups is 1. The van der Waals surface area contributed by atoms with Gasteiger partial charge >= 0.3 is 12.0 Å². The highest BCUT2D eigenvalue weighted by atomic mass is 16.5. The van der Waals surface area contributed by atoms with Crippen LogP contribution in [0, 0.1) is 5.41 Å². The Kier molecular flexibility index (Phi) is 6.04. The van der Waals surface area contributed by atoms with Crippen molar-refractivity contribution in [2.24, 2.45) is 5.41 Å². The van der Waals surface area contributed by atoms with Crippen LogP contribution in [0.5, 0.6) is 0 Å². The molecule has 0 unspecified atom stereocenters. The first-order chi connectivity index (χ1) is 9.02. The molecule has 19 heavy (non-hydrogen) atoms. The number of carbonyl (C=O) groups excluding carboxylic acids is 1. The lowest BCUT2D eigenvalue weighted by atomic mass is 9.80. The average Bonchev–Trinajstić information content (AvgIpc) is 2.42. The lowest BCUT2D eigenvalue weighted by molar-refractivity contribution is -0.154. The molecular formula is C12H23N3O4. The van der Waals surface area contributed by atoms with Crippen LogP contribution in [0.1, 0.15) is 12.8 Å². The fourth-order valence-electron chi connectivity index (χ4n) is 1.99. The van der Waals surface area contributed by atoms with Gasteiger partial charge in [-0.1, -0.05) is 0 Å². The maximum atomic E-state index is 11.8. The molecule has 1 saturated heterocycles. The zero-order valence-electron chi connectivity index (χ0n) is 11.6. The van der Waals surface area contributed by atoms with Gasteiger partial charge in [0.15, 0.2) is 0 Å². The largest absolute Gasteiger partial charge is 0.481 e. The number of ether oxygens (including phenoxy) is 1. The Bertz CT molecular complexity index is 316. The summed E-state index contributed by atoms with van der Waals surface area (Å²) in [6.07, 6.45) is 0.867. The van der Waals surface area contributed by atoms with Gasteiger partial charge in [-0.15, -0.1) is 0 Å². The van der Waals surface area contributed by atoms with Gasteiger partial charge in [0, 0.05) is 39.9 Å². The van der Waals surface area contributed by atoms with Gasteiger partial charge in [0.25, 0.3) is 0 Å². The molecule has 0 saturated carbocycles. The third-order valence-corrected chi connectivity index (χ3v) is 3.53. The third-order valence-electron chi connectivity index (χ3n) is 3.53. The number of nitrogens with zero attached hydrogens (tertiary/aromatic N) is 1. The highest BCUT2D eigenvalue weighted by molar-refractivity contribution is 5.78. The molecule has 0 aromatic heterocycles. The van der Waals surface area contributed by atoms with Crippen molar-refractivity contribution in [3.63, 3.8) is 0 Å². The van der Waals surface area contributed by atoms with E-state index in [2.05, 4.69) is 10.6 Å². The summed E-state index contributed by atoms with van der Waals surface area (Å²) in [5, 5.41) is 15.0. The second-order valence-electron chi connectivity index (χ2n) is 4.88. The van der Waals surface area contributed by atoms with E-state index >= 15 is 0 Å². The quantitative estimate of drug-likeness (QED) is 0.619. The molecule has 3 N–H and O–H groups in total. The van der Waals surface area contributed by atoms with Crippen molar-refractivity contribution >= 4 is 12.0 Å². The molecule has 7 nitrogen and oxygen atoms in total. The highest BCUT2D eigenvalue weighted by Gasteiger charge is 2.40. The summed E-state index contributed by atoms with van der Waals surface area (Å²) in [6, 6.07) is -0.248. The highest BCUT2D eigenvalue weighted by Crippen LogP contribution is 2.30. The van der Waals surface area contributed by atoms with E-state index in [-0.39, 0.29) is 12.6 Å². The molecule has 0 spiro atoms. The number of nitrogens with one attached hydrogen (secondary N) is 2. The molecule has 1 aliphatic rings. The van der Waals surface area contributed by atoms with E-state index in [0.717, 1.165) is 0 Å². The van der Waals surface area contributed by atoms with Crippen molar-refractivity contribution in [3.05, 3.63) is 0 Å². The van der Waals surface area contributed by atoms with E-state index in [0.29, 0.717) is 39.1 Å². The summed E-state index contributed by atoms with van der Waals surface area (Å²) in [7, 11) is 3.50. The number of likely N-dealkylation sites (N-methyl/N-ethyl adjacent to an activating group) is 2. The fraction of sp³-hybridized carbons (Fsp3) is 0.833. The molecule has 1 aliphatic heterocycles. The predicted molar refractivity (Wildman–Crippen MR) is 70.1 cm³/mol. The summed E-state index contributed by atoms with van der Waals surface area (Å²) < 4.78 is 5.19. The Labute approximate surface area is 113 Å². The van der Waals surface area contributed by atoms with Crippen LogP contribution >= 0.6 is 0 Å². The molecule has 1 fully saturated rings. The van der Waals surface area contributed by atoms with Crippen LogP contribution in [0.2, 0.25) is 0 Å². The van der Waals surface area contributed by atoms with Gasteiger partial charge < -0.3 is 25.4 Å². The van der Waals surface area contributed by atoms with Crippen LogP contribution in [0.25, 0.3) is 0 Å². The Balaban J connectivity index is 2.48. The first kappa shape index (κ1) is 15.7. The average molecular weight is 273 g/mol. The smallest absolute Gasteiger partial charge is 0.317 e. The second kappa shape index (κ2) is 7.30. The van der Waals surface area contributed by atoms with Crippen molar-refractivity contribution in [1.82, 2.24) is 15.5 Å². The second-order valence-corrected chi connectivity index (χ2v) is 4.88. The third kappa shape index (κ3) is 4.36. The fourth-order valence-corrected chi connectivity index (χ4v) is 1.99. The van der Waals surface area contributed by atoms with Gasteiger partial charge in [-0.3, -0.25) is 4.79 Å². The minimum atomic E-state index is -0.891. The summed E-state index contributed by atoms with van der Waals surface area (Å²) in [5.41, 5.74) is -0.891. The van der Waals surface area contributed by atoms with Crippen molar-refractivity contribution in [2.45, 2.75) is 12.8 Å². The molecule has 0 aromatic rings. The van der Waals surface area contributed by atoms with E-state index in [4.69, 9.17) is 4.74 Å². The molecule has 0 aliphatic carbocycles. The number of carboxylic acids is 1. The zero-order valence-corrected chi connectivity index (χ0v) is 11.6.